The second-order valence-electron chi connectivity index (χ2n) is 6.34. The highest BCUT2D eigenvalue weighted by Crippen LogP contribution is 2.26. The quantitative estimate of drug-likeness (QED) is 0.680. The predicted octanol–water partition coefficient (Wildman–Crippen LogP) is 1.23. The molecule has 9 nitrogen and oxygen atoms in total. The topological polar surface area (TPSA) is 98.6 Å². The molecule has 1 aromatic carbocycles. The van der Waals surface area contributed by atoms with Crippen molar-refractivity contribution in [3.8, 4) is 0 Å². The van der Waals surface area contributed by atoms with Crippen LogP contribution >= 0.6 is 0 Å². The number of aryl methyl sites for hydroxylation is 1. The van der Waals surface area contributed by atoms with E-state index in [2.05, 4.69) is 15.5 Å². The molecule has 1 amide bonds. The van der Waals surface area contributed by atoms with E-state index in [0.29, 0.717) is 32.3 Å². The summed E-state index contributed by atoms with van der Waals surface area (Å²) in [5, 5.41) is 10.7. The van der Waals surface area contributed by atoms with Crippen LogP contribution in [0.4, 0.5) is 11.6 Å². The Kier molecular flexibility index (Phi) is 6.37. The average molecular weight is 387 g/mol. The molecule has 2 aromatic rings. The summed E-state index contributed by atoms with van der Waals surface area (Å²) < 4.78 is 12.2. The van der Waals surface area contributed by atoms with Crippen LogP contribution in [0, 0.1) is 6.92 Å². The van der Waals surface area contributed by atoms with Crippen molar-refractivity contribution in [3.05, 3.63) is 45.9 Å². The molecule has 0 spiro atoms. The Labute approximate surface area is 163 Å². The molecule has 0 radical (unpaired) electrons. The number of ether oxygens (including phenoxy) is 2. The fraction of sp³-hybridized carbons (Fsp3) is 0.474. The number of anilines is 2. The first-order chi connectivity index (χ1) is 13.5. The van der Waals surface area contributed by atoms with Gasteiger partial charge in [0.15, 0.2) is 6.29 Å². The van der Waals surface area contributed by atoms with Crippen molar-refractivity contribution in [2.45, 2.75) is 33.6 Å². The summed E-state index contributed by atoms with van der Waals surface area (Å²) in [6.07, 6.45) is -0.568. The minimum absolute atomic E-state index is 0.124. The second-order valence-corrected chi connectivity index (χ2v) is 6.34. The van der Waals surface area contributed by atoms with Crippen molar-refractivity contribution in [2.24, 2.45) is 0 Å². The molecular formula is C19H25N5O4. The predicted molar refractivity (Wildman–Crippen MR) is 104 cm³/mol. The van der Waals surface area contributed by atoms with Crippen LogP contribution in [-0.4, -0.2) is 53.3 Å². The summed E-state index contributed by atoms with van der Waals surface area (Å²) in [6.45, 7) is 7.76. The van der Waals surface area contributed by atoms with Crippen LogP contribution in [0.1, 0.15) is 29.9 Å². The molecule has 0 unspecified atom stereocenters. The molecule has 150 valence electrons. The number of hydrogen-bond donors (Lipinski definition) is 1. The summed E-state index contributed by atoms with van der Waals surface area (Å²) in [5.41, 5.74) is 1.39. The highest BCUT2D eigenvalue weighted by atomic mass is 16.7. The number of carbonyl (C=O) groups excluding carboxylic acids is 1. The van der Waals surface area contributed by atoms with E-state index in [9.17, 15) is 9.59 Å². The smallest absolute Gasteiger partial charge is 0.286 e. The largest absolute Gasteiger partial charge is 0.351 e. The normalized spacial score (nSPS) is 13.1. The van der Waals surface area contributed by atoms with E-state index in [4.69, 9.17) is 9.47 Å². The van der Waals surface area contributed by atoms with Gasteiger partial charge in [-0.2, -0.15) is 0 Å². The molecule has 0 aliphatic carbocycles. The number of nitrogens with zero attached hydrogens (tertiary/aromatic N) is 4. The Hall–Kier alpha value is -2.78. The number of aromatic nitrogens is 3. The van der Waals surface area contributed by atoms with E-state index >= 15 is 0 Å². The summed E-state index contributed by atoms with van der Waals surface area (Å²) in [4.78, 5) is 27.1. The number of nitrogens with one attached hydrogen (secondary N) is 1. The molecule has 0 atom stereocenters. The van der Waals surface area contributed by atoms with Crippen LogP contribution in [0.15, 0.2) is 29.1 Å². The summed E-state index contributed by atoms with van der Waals surface area (Å²) in [7, 11) is 0. The van der Waals surface area contributed by atoms with Crippen molar-refractivity contribution in [1.82, 2.24) is 20.1 Å². The third-order valence-electron chi connectivity index (χ3n) is 4.41. The van der Waals surface area contributed by atoms with Crippen LogP contribution < -0.4 is 15.8 Å². The molecule has 0 saturated carbocycles. The van der Waals surface area contributed by atoms with Crippen LogP contribution in [-0.2, 0) is 16.0 Å². The number of rotatable bonds is 8. The first-order valence-electron chi connectivity index (χ1n) is 9.38. The molecule has 0 fully saturated rings. The number of carbonyl (C=O) groups is 1. The van der Waals surface area contributed by atoms with E-state index in [-0.39, 0.29) is 12.2 Å². The molecule has 2 heterocycles. The van der Waals surface area contributed by atoms with E-state index in [0.717, 1.165) is 11.3 Å². The van der Waals surface area contributed by atoms with Crippen LogP contribution in [0.3, 0.4) is 0 Å². The highest BCUT2D eigenvalue weighted by Gasteiger charge is 2.27. The molecular weight excluding hydrogens is 362 g/mol. The number of amides is 1. The zero-order valence-electron chi connectivity index (χ0n) is 16.3. The maximum absolute atomic E-state index is 12.7. The Morgan fingerprint density at radius 2 is 1.82 bits per heavy atom. The Bertz CT molecular complexity index is 875. The lowest BCUT2D eigenvalue weighted by molar-refractivity contribution is -0.131. The second kappa shape index (κ2) is 8.94. The number of hydrogen-bond acceptors (Lipinski definition) is 7. The van der Waals surface area contributed by atoms with E-state index < -0.39 is 17.8 Å². The van der Waals surface area contributed by atoms with Gasteiger partial charge in [0.25, 0.3) is 11.5 Å². The molecule has 1 N–H and O–H groups in total. The van der Waals surface area contributed by atoms with Crippen molar-refractivity contribution in [1.29, 1.82) is 0 Å². The van der Waals surface area contributed by atoms with Gasteiger partial charge in [0.1, 0.15) is 0 Å². The van der Waals surface area contributed by atoms with Gasteiger partial charge in [-0.3, -0.25) is 14.2 Å². The van der Waals surface area contributed by atoms with E-state index in [1.54, 1.807) is 0 Å². The van der Waals surface area contributed by atoms with Gasteiger partial charge < -0.3 is 19.7 Å². The van der Waals surface area contributed by atoms with Gasteiger partial charge in [-0.25, -0.2) is 0 Å². The van der Waals surface area contributed by atoms with Gasteiger partial charge in [0.05, 0.1) is 6.54 Å². The molecule has 1 aromatic heterocycles. The zero-order chi connectivity index (χ0) is 20.1. The highest BCUT2D eigenvalue weighted by molar-refractivity contribution is 5.91. The fourth-order valence-corrected chi connectivity index (χ4v) is 3.02. The van der Waals surface area contributed by atoms with Crippen molar-refractivity contribution >= 4 is 17.5 Å². The molecule has 9 heteroatoms. The molecule has 0 saturated heterocycles. The summed E-state index contributed by atoms with van der Waals surface area (Å²) in [5.74, 6) is -0.155. The SMILES string of the molecule is CCOC(CNC(=O)c1nnc2n(c1=O)CCN2c1ccc(C)cc1)OCC. The van der Waals surface area contributed by atoms with Crippen molar-refractivity contribution < 1.29 is 14.3 Å². The van der Waals surface area contributed by atoms with Gasteiger partial charge in [0, 0.05) is 32.0 Å². The molecule has 3 rings (SSSR count). The standard InChI is InChI=1S/C19H25N5O4/c1-4-27-15(28-5-2)12-20-17(25)16-18(26)24-11-10-23(19(24)22-21-16)14-8-6-13(3)7-9-14/h6-9,15H,4-5,10-12H2,1-3H3,(H,20,25). The van der Waals surface area contributed by atoms with Crippen LogP contribution in [0.2, 0.25) is 0 Å². The third-order valence-corrected chi connectivity index (χ3v) is 4.41. The Morgan fingerprint density at radius 3 is 2.46 bits per heavy atom. The van der Waals surface area contributed by atoms with E-state index in [1.807, 2.05) is 49.9 Å². The number of benzene rings is 1. The van der Waals surface area contributed by atoms with Gasteiger partial charge in [0.2, 0.25) is 11.6 Å². The third kappa shape index (κ3) is 4.20. The Morgan fingerprint density at radius 1 is 1.14 bits per heavy atom. The lowest BCUT2D eigenvalue weighted by Crippen LogP contribution is -2.39. The lowest BCUT2D eigenvalue weighted by atomic mass is 10.2. The van der Waals surface area contributed by atoms with E-state index in [1.165, 1.54) is 4.57 Å². The first kappa shape index (κ1) is 20.0. The maximum Gasteiger partial charge on any atom is 0.286 e. The summed E-state index contributed by atoms with van der Waals surface area (Å²) >= 11 is 0. The Balaban J connectivity index is 1.76. The average Bonchev–Trinajstić information content (AvgIpc) is 3.12. The van der Waals surface area contributed by atoms with Gasteiger partial charge in [-0.1, -0.05) is 17.7 Å². The monoisotopic (exact) mass is 387 g/mol. The summed E-state index contributed by atoms with van der Waals surface area (Å²) in [6, 6.07) is 7.94. The zero-order valence-corrected chi connectivity index (χ0v) is 16.3. The van der Waals surface area contributed by atoms with Crippen LogP contribution in [0.25, 0.3) is 0 Å². The number of fused-ring (bicyclic) bond motifs is 1. The van der Waals surface area contributed by atoms with Gasteiger partial charge >= 0.3 is 0 Å². The van der Waals surface area contributed by atoms with Crippen molar-refractivity contribution in [3.63, 3.8) is 0 Å². The molecule has 1 aliphatic heterocycles. The molecule has 28 heavy (non-hydrogen) atoms. The minimum Gasteiger partial charge on any atom is -0.351 e. The van der Waals surface area contributed by atoms with Gasteiger partial charge in [-0.05, 0) is 32.9 Å². The molecule has 1 aliphatic rings. The minimum atomic E-state index is -0.592. The first-order valence-corrected chi connectivity index (χ1v) is 9.38. The molecule has 0 bridgehead atoms. The fourth-order valence-electron chi connectivity index (χ4n) is 3.02. The lowest BCUT2D eigenvalue weighted by Gasteiger charge is -2.18. The maximum atomic E-state index is 12.7. The van der Waals surface area contributed by atoms with Crippen LogP contribution in [0.5, 0.6) is 0 Å². The van der Waals surface area contributed by atoms with Gasteiger partial charge in [-0.15, -0.1) is 10.2 Å². The van der Waals surface area contributed by atoms with Crippen molar-refractivity contribution in [2.75, 3.05) is 31.2 Å².